The fourth-order valence-electron chi connectivity index (χ4n) is 3.53. The number of nitrogens with one attached hydrogen (secondary N) is 1. The van der Waals surface area contributed by atoms with Gasteiger partial charge in [-0.2, -0.15) is 0 Å². The summed E-state index contributed by atoms with van der Waals surface area (Å²) >= 11 is 0. The van der Waals surface area contributed by atoms with E-state index in [1.165, 1.54) is 0 Å². The van der Waals surface area contributed by atoms with Gasteiger partial charge >= 0.3 is 0 Å². The predicted octanol–water partition coefficient (Wildman–Crippen LogP) is 2.40. The third kappa shape index (κ3) is 4.15. The van der Waals surface area contributed by atoms with Crippen LogP contribution >= 0.6 is 0 Å². The van der Waals surface area contributed by atoms with Gasteiger partial charge < -0.3 is 14.8 Å². The smallest absolute Gasteiger partial charge is 0.227 e. The third-order valence-electron chi connectivity index (χ3n) is 5.19. The van der Waals surface area contributed by atoms with E-state index in [0.29, 0.717) is 39.0 Å². The van der Waals surface area contributed by atoms with Gasteiger partial charge in [0.05, 0.1) is 12.8 Å². The van der Waals surface area contributed by atoms with E-state index in [0.717, 1.165) is 28.1 Å². The van der Waals surface area contributed by atoms with Crippen LogP contribution in [0.1, 0.15) is 28.1 Å². The molecule has 1 fully saturated rings. The second-order valence-corrected chi connectivity index (χ2v) is 7.14. The number of aryl methyl sites for hydroxylation is 3. The number of aromatic amines is 1. The summed E-state index contributed by atoms with van der Waals surface area (Å²) in [6, 6.07) is 10.0. The molecule has 1 aromatic heterocycles. The van der Waals surface area contributed by atoms with Crippen LogP contribution in [0.3, 0.4) is 0 Å². The predicted molar refractivity (Wildman–Crippen MR) is 102 cm³/mol. The molecule has 3 rings (SSSR count). The lowest BCUT2D eigenvalue weighted by atomic mass is 10.1. The van der Waals surface area contributed by atoms with Crippen molar-refractivity contribution in [2.75, 3.05) is 26.2 Å². The zero-order valence-electron chi connectivity index (χ0n) is 15.8. The zero-order chi connectivity index (χ0) is 18.7. The number of rotatable bonds is 4. The van der Waals surface area contributed by atoms with Gasteiger partial charge in [0.1, 0.15) is 0 Å². The molecule has 0 radical (unpaired) electrons. The van der Waals surface area contributed by atoms with Crippen molar-refractivity contribution in [1.82, 2.24) is 14.8 Å². The van der Waals surface area contributed by atoms with Gasteiger partial charge in [-0.05, 0) is 43.5 Å². The molecule has 0 aliphatic carbocycles. The molecule has 2 aromatic rings. The molecule has 0 atom stereocenters. The van der Waals surface area contributed by atoms with Crippen LogP contribution < -0.4 is 0 Å². The number of benzene rings is 1. The Bertz CT molecular complexity index is 801. The second-order valence-electron chi connectivity index (χ2n) is 7.14. The van der Waals surface area contributed by atoms with Crippen molar-refractivity contribution in [3.05, 3.63) is 58.4 Å². The topological polar surface area (TPSA) is 56.4 Å². The number of carbonyl (C=O) groups is 2. The van der Waals surface area contributed by atoms with Gasteiger partial charge in [-0.15, -0.1) is 0 Å². The maximum absolute atomic E-state index is 12.6. The zero-order valence-corrected chi connectivity index (χ0v) is 15.8. The van der Waals surface area contributed by atoms with Crippen molar-refractivity contribution in [1.29, 1.82) is 0 Å². The minimum Gasteiger partial charge on any atom is -0.362 e. The Labute approximate surface area is 155 Å². The SMILES string of the molecule is Cc1cc(CC(=O)N2CCN(C(=O)Cc3ccccc3C)CC2)c(C)[nH]1. The van der Waals surface area contributed by atoms with Crippen LogP contribution in [-0.2, 0) is 22.4 Å². The quantitative estimate of drug-likeness (QED) is 0.918. The van der Waals surface area contributed by atoms with Gasteiger partial charge in [0.15, 0.2) is 0 Å². The van der Waals surface area contributed by atoms with Gasteiger partial charge in [0.2, 0.25) is 11.8 Å². The van der Waals surface area contributed by atoms with Crippen LogP contribution in [0, 0.1) is 20.8 Å². The van der Waals surface area contributed by atoms with Gasteiger partial charge in [-0.3, -0.25) is 9.59 Å². The molecule has 2 amide bonds. The molecule has 1 aliphatic rings. The number of amides is 2. The van der Waals surface area contributed by atoms with Crippen molar-refractivity contribution < 1.29 is 9.59 Å². The Morgan fingerprint density at radius 1 is 0.885 bits per heavy atom. The molecule has 0 bridgehead atoms. The molecular formula is C21H27N3O2. The molecule has 1 N–H and O–H groups in total. The summed E-state index contributed by atoms with van der Waals surface area (Å²) in [5, 5.41) is 0. The van der Waals surface area contributed by atoms with E-state index in [-0.39, 0.29) is 11.8 Å². The van der Waals surface area contributed by atoms with Crippen LogP contribution in [0.25, 0.3) is 0 Å². The first-order valence-corrected chi connectivity index (χ1v) is 9.19. The van der Waals surface area contributed by atoms with Crippen LogP contribution in [0.15, 0.2) is 30.3 Å². The Hall–Kier alpha value is -2.56. The van der Waals surface area contributed by atoms with Crippen molar-refractivity contribution >= 4 is 11.8 Å². The molecule has 5 heteroatoms. The molecule has 26 heavy (non-hydrogen) atoms. The standard InChI is InChI=1S/C21H27N3O2/c1-15-6-4-5-7-18(15)13-20(25)23-8-10-24(11-9-23)21(26)14-19-12-16(2)22-17(19)3/h4-7,12,22H,8-11,13-14H2,1-3H3. The number of aromatic nitrogens is 1. The van der Waals surface area contributed by atoms with Crippen LogP contribution in [0.5, 0.6) is 0 Å². The van der Waals surface area contributed by atoms with E-state index in [9.17, 15) is 9.59 Å². The minimum atomic E-state index is 0.137. The average molecular weight is 353 g/mol. The largest absolute Gasteiger partial charge is 0.362 e. The summed E-state index contributed by atoms with van der Waals surface area (Å²) in [6.45, 7) is 8.48. The Kier molecular flexibility index (Phi) is 5.45. The summed E-state index contributed by atoms with van der Waals surface area (Å²) < 4.78 is 0. The molecular weight excluding hydrogens is 326 g/mol. The van der Waals surface area contributed by atoms with E-state index >= 15 is 0 Å². The molecule has 5 nitrogen and oxygen atoms in total. The summed E-state index contributed by atoms with van der Waals surface area (Å²) in [5.41, 5.74) is 5.42. The first-order valence-electron chi connectivity index (χ1n) is 9.19. The molecule has 0 spiro atoms. The number of hydrogen-bond acceptors (Lipinski definition) is 2. The highest BCUT2D eigenvalue weighted by Crippen LogP contribution is 2.14. The van der Waals surface area contributed by atoms with E-state index in [1.807, 2.05) is 60.9 Å². The number of H-pyrrole nitrogens is 1. The highest BCUT2D eigenvalue weighted by atomic mass is 16.2. The van der Waals surface area contributed by atoms with E-state index < -0.39 is 0 Å². The summed E-state index contributed by atoms with van der Waals surface area (Å²) in [6.07, 6.45) is 0.857. The number of carbonyl (C=O) groups excluding carboxylic acids is 2. The highest BCUT2D eigenvalue weighted by Gasteiger charge is 2.24. The Balaban J connectivity index is 1.52. The lowest BCUT2D eigenvalue weighted by molar-refractivity contribution is -0.138. The van der Waals surface area contributed by atoms with Crippen LogP contribution in [-0.4, -0.2) is 52.8 Å². The molecule has 138 valence electrons. The Morgan fingerprint density at radius 2 is 1.42 bits per heavy atom. The summed E-state index contributed by atoms with van der Waals surface area (Å²) in [4.78, 5) is 32.1. The van der Waals surface area contributed by atoms with Crippen LogP contribution in [0.2, 0.25) is 0 Å². The van der Waals surface area contributed by atoms with Gasteiger partial charge in [0, 0.05) is 37.6 Å². The van der Waals surface area contributed by atoms with Crippen molar-refractivity contribution in [2.24, 2.45) is 0 Å². The molecule has 1 aromatic carbocycles. The van der Waals surface area contributed by atoms with Gasteiger partial charge in [0.25, 0.3) is 0 Å². The van der Waals surface area contributed by atoms with Crippen molar-refractivity contribution in [2.45, 2.75) is 33.6 Å². The average Bonchev–Trinajstić information content (AvgIpc) is 2.94. The number of piperazine rings is 1. The highest BCUT2D eigenvalue weighted by molar-refractivity contribution is 5.81. The second kappa shape index (κ2) is 7.77. The maximum atomic E-state index is 12.6. The van der Waals surface area contributed by atoms with Crippen molar-refractivity contribution in [3.8, 4) is 0 Å². The fourth-order valence-corrected chi connectivity index (χ4v) is 3.53. The van der Waals surface area contributed by atoms with Crippen LogP contribution in [0.4, 0.5) is 0 Å². The molecule has 1 aliphatic heterocycles. The monoisotopic (exact) mass is 353 g/mol. The minimum absolute atomic E-state index is 0.137. The summed E-state index contributed by atoms with van der Waals surface area (Å²) in [7, 11) is 0. The number of hydrogen-bond donors (Lipinski definition) is 1. The van der Waals surface area contributed by atoms with Gasteiger partial charge in [-0.1, -0.05) is 24.3 Å². The fraction of sp³-hybridized carbons (Fsp3) is 0.429. The van der Waals surface area contributed by atoms with Crippen molar-refractivity contribution in [3.63, 3.8) is 0 Å². The summed E-state index contributed by atoms with van der Waals surface area (Å²) in [5.74, 6) is 0.279. The van der Waals surface area contributed by atoms with E-state index in [1.54, 1.807) is 0 Å². The first kappa shape index (κ1) is 18.2. The van der Waals surface area contributed by atoms with E-state index in [4.69, 9.17) is 0 Å². The lowest BCUT2D eigenvalue weighted by Gasteiger charge is -2.35. The molecule has 0 unspecified atom stereocenters. The third-order valence-corrected chi connectivity index (χ3v) is 5.19. The number of nitrogens with zero attached hydrogens (tertiary/aromatic N) is 2. The molecule has 2 heterocycles. The van der Waals surface area contributed by atoms with E-state index in [2.05, 4.69) is 4.98 Å². The Morgan fingerprint density at radius 3 is 1.92 bits per heavy atom. The molecule has 1 saturated heterocycles. The normalized spacial score (nSPS) is 14.6. The first-order chi connectivity index (χ1) is 12.4. The van der Waals surface area contributed by atoms with Gasteiger partial charge in [-0.25, -0.2) is 0 Å². The maximum Gasteiger partial charge on any atom is 0.227 e. The molecule has 0 saturated carbocycles. The lowest BCUT2D eigenvalue weighted by Crippen LogP contribution is -2.51.